The molecule has 5 nitrogen and oxygen atoms in total. The minimum atomic E-state index is -0.963. The summed E-state index contributed by atoms with van der Waals surface area (Å²) in [6.07, 6.45) is -1.66. The van der Waals surface area contributed by atoms with E-state index in [2.05, 4.69) is 5.32 Å². The van der Waals surface area contributed by atoms with Gasteiger partial charge < -0.3 is 9.47 Å². The number of amides is 1. The van der Waals surface area contributed by atoms with Gasteiger partial charge in [0.05, 0.1) is 0 Å². The number of hydrogen-bond donors (Lipinski definition) is 1. The van der Waals surface area contributed by atoms with Crippen LogP contribution in [0.5, 0.6) is 0 Å². The molecule has 0 aliphatic heterocycles. The second kappa shape index (κ2) is 8.19. The molecule has 0 aromatic heterocycles. The van der Waals surface area contributed by atoms with Crippen molar-refractivity contribution in [2.75, 3.05) is 0 Å². The van der Waals surface area contributed by atoms with Gasteiger partial charge in [0.15, 0.2) is 0 Å². The summed E-state index contributed by atoms with van der Waals surface area (Å²) in [6.45, 7) is 1.38. The highest BCUT2D eigenvalue weighted by atomic mass is 35.5. The van der Waals surface area contributed by atoms with E-state index in [1.807, 2.05) is 30.3 Å². The monoisotopic (exact) mass is 333 g/mol. The fourth-order valence-corrected chi connectivity index (χ4v) is 2.09. The summed E-state index contributed by atoms with van der Waals surface area (Å²) in [6, 6.07) is 15.9. The van der Waals surface area contributed by atoms with Crippen molar-refractivity contribution >= 4 is 23.7 Å². The topological polar surface area (TPSA) is 64.6 Å². The molecule has 1 N–H and O–H groups in total. The Morgan fingerprint density at radius 3 is 2.52 bits per heavy atom. The Labute approximate surface area is 139 Å². The lowest BCUT2D eigenvalue weighted by Gasteiger charge is -2.19. The molecule has 0 spiro atoms. The number of esters is 1. The first kappa shape index (κ1) is 16.8. The van der Waals surface area contributed by atoms with Crippen LogP contribution >= 0.6 is 11.6 Å². The molecule has 2 rings (SSSR count). The minimum absolute atomic E-state index is 0.120. The molecular formula is C17H16ClNO4. The first-order valence-corrected chi connectivity index (χ1v) is 7.32. The molecule has 0 aliphatic carbocycles. The van der Waals surface area contributed by atoms with E-state index in [4.69, 9.17) is 21.1 Å². The van der Waals surface area contributed by atoms with Crippen LogP contribution in [0.2, 0.25) is 5.02 Å². The molecule has 0 fully saturated rings. The standard InChI is InChI=1S/C17H16ClNO4/c1-12(20)23-16(14-8-5-9-15(18)10-14)19-17(21)22-11-13-6-3-2-4-7-13/h2-10,16H,11H2,1H3,(H,19,21). The predicted octanol–water partition coefficient (Wildman–Crippen LogP) is 3.83. The van der Waals surface area contributed by atoms with Crippen LogP contribution in [0, 0.1) is 0 Å². The summed E-state index contributed by atoms with van der Waals surface area (Å²) < 4.78 is 10.2. The maximum atomic E-state index is 11.9. The highest BCUT2D eigenvalue weighted by Gasteiger charge is 2.18. The number of halogens is 1. The van der Waals surface area contributed by atoms with Crippen LogP contribution in [0.25, 0.3) is 0 Å². The maximum Gasteiger partial charge on any atom is 0.410 e. The number of hydrogen-bond acceptors (Lipinski definition) is 4. The van der Waals surface area contributed by atoms with Gasteiger partial charge in [0.25, 0.3) is 0 Å². The number of rotatable bonds is 5. The van der Waals surface area contributed by atoms with Crippen molar-refractivity contribution in [2.24, 2.45) is 0 Å². The van der Waals surface area contributed by atoms with E-state index >= 15 is 0 Å². The third kappa shape index (κ3) is 5.64. The lowest BCUT2D eigenvalue weighted by Crippen LogP contribution is -2.31. The van der Waals surface area contributed by atoms with Crippen LogP contribution in [0.3, 0.4) is 0 Å². The molecule has 6 heteroatoms. The van der Waals surface area contributed by atoms with Crippen molar-refractivity contribution in [1.82, 2.24) is 5.32 Å². The normalized spacial score (nSPS) is 11.4. The third-order valence-corrected chi connectivity index (χ3v) is 3.13. The molecule has 2 aromatic carbocycles. The largest absolute Gasteiger partial charge is 0.445 e. The molecule has 0 heterocycles. The number of carbonyl (C=O) groups is 2. The second-order valence-corrected chi connectivity index (χ2v) is 5.19. The molecule has 120 valence electrons. The van der Waals surface area contributed by atoms with Crippen LogP contribution in [-0.2, 0) is 20.9 Å². The number of benzene rings is 2. The van der Waals surface area contributed by atoms with Crippen molar-refractivity contribution in [1.29, 1.82) is 0 Å². The number of ether oxygens (including phenoxy) is 2. The fraction of sp³-hybridized carbons (Fsp3) is 0.176. The van der Waals surface area contributed by atoms with Gasteiger partial charge in [-0.3, -0.25) is 10.1 Å². The average Bonchev–Trinajstić information content (AvgIpc) is 2.53. The molecule has 0 aliphatic rings. The number of carbonyl (C=O) groups excluding carboxylic acids is 2. The molecule has 1 unspecified atom stereocenters. The summed E-state index contributed by atoms with van der Waals surface area (Å²) in [5, 5.41) is 2.97. The van der Waals surface area contributed by atoms with E-state index in [0.29, 0.717) is 10.6 Å². The summed E-state index contributed by atoms with van der Waals surface area (Å²) in [5.41, 5.74) is 1.40. The van der Waals surface area contributed by atoms with E-state index < -0.39 is 18.3 Å². The summed E-state index contributed by atoms with van der Waals surface area (Å²) in [5.74, 6) is -0.529. The zero-order chi connectivity index (χ0) is 16.7. The Balaban J connectivity index is 1.99. The van der Waals surface area contributed by atoms with Crippen LogP contribution in [0.4, 0.5) is 4.79 Å². The molecule has 23 heavy (non-hydrogen) atoms. The second-order valence-electron chi connectivity index (χ2n) is 4.75. The molecule has 0 radical (unpaired) electrons. The van der Waals surface area contributed by atoms with Gasteiger partial charge in [0.2, 0.25) is 6.23 Å². The summed E-state index contributed by atoms with van der Waals surface area (Å²) >= 11 is 5.92. The Hall–Kier alpha value is -2.53. The lowest BCUT2D eigenvalue weighted by molar-refractivity contribution is -0.147. The van der Waals surface area contributed by atoms with Gasteiger partial charge in [-0.2, -0.15) is 0 Å². The minimum Gasteiger partial charge on any atom is -0.445 e. The maximum absolute atomic E-state index is 11.9. The van der Waals surface area contributed by atoms with Gasteiger partial charge >= 0.3 is 12.1 Å². The first-order valence-electron chi connectivity index (χ1n) is 6.94. The molecule has 0 saturated heterocycles. The van der Waals surface area contributed by atoms with Crippen molar-refractivity contribution in [3.8, 4) is 0 Å². The zero-order valence-electron chi connectivity index (χ0n) is 12.5. The molecular weight excluding hydrogens is 318 g/mol. The summed E-state index contributed by atoms with van der Waals surface area (Å²) in [4.78, 5) is 23.1. The van der Waals surface area contributed by atoms with Crippen LogP contribution in [-0.4, -0.2) is 12.1 Å². The summed E-state index contributed by atoms with van der Waals surface area (Å²) in [7, 11) is 0. The van der Waals surface area contributed by atoms with Gasteiger partial charge in [0, 0.05) is 17.5 Å². The van der Waals surface area contributed by atoms with Gasteiger partial charge in [-0.1, -0.05) is 54.1 Å². The fourth-order valence-electron chi connectivity index (χ4n) is 1.89. The Bertz CT molecular complexity index is 675. The Morgan fingerprint density at radius 1 is 1.13 bits per heavy atom. The zero-order valence-corrected chi connectivity index (χ0v) is 13.2. The molecule has 0 saturated carbocycles. The molecule has 0 bridgehead atoms. The lowest BCUT2D eigenvalue weighted by atomic mass is 10.2. The Kier molecular flexibility index (Phi) is 6.00. The van der Waals surface area contributed by atoms with Gasteiger partial charge in [0.1, 0.15) is 6.61 Å². The van der Waals surface area contributed by atoms with E-state index in [0.717, 1.165) is 5.56 Å². The van der Waals surface area contributed by atoms with Crippen molar-refractivity contribution in [3.63, 3.8) is 0 Å². The van der Waals surface area contributed by atoms with Crippen LogP contribution in [0.1, 0.15) is 24.3 Å². The van der Waals surface area contributed by atoms with E-state index in [1.165, 1.54) is 6.92 Å². The van der Waals surface area contributed by atoms with Gasteiger partial charge in [-0.05, 0) is 17.7 Å². The third-order valence-electron chi connectivity index (χ3n) is 2.90. The quantitative estimate of drug-likeness (QED) is 0.667. The molecule has 1 atom stereocenters. The average molecular weight is 334 g/mol. The van der Waals surface area contributed by atoms with Crippen molar-refractivity contribution in [2.45, 2.75) is 19.8 Å². The van der Waals surface area contributed by atoms with E-state index in [9.17, 15) is 9.59 Å². The van der Waals surface area contributed by atoms with Gasteiger partial charge in [-0.15, -0.1) is 0 Å². The van der Waals surface area contributed by atoms with Crippen LogP contribution in [0.15, 0.2) is 54.6 Å². The van der Waals surface area contributed by atoms with E-state index in [1.54, 1.807) is 24.3 Å². The van der Waals surface area contributed by atoms with Gasteiger partial charge in [-0.25, -0.2) is 4.79 Å². The van der Waals surface area contributed by atoms with E-state index in [-0.39, 0.29) is 6.61 Å². The Morgan fingerprint density at radius 2 is 1.87 bits per heavy atom. The smallest absolute Gasteiger partial charge is 0.410 e. The molecule has 2 aromatic rings. The highest BCUT2D eigenvalue weighted by Crippen LogP contribution is 2.19. The van der Waals surface area contributed by atoms with Crippen LogP contribution < -0.4 is 5.32 Å². The highest BCUT2D eigenvalue weighted by molar-refractivity contribution is 6.30. The van der Waals surface area contributed by atoms with Crippen molar-refractivity contribution in [3.05, 3.63) is 70.7 Å². The SMILES string of the molecule is CC(=O)OC(NC(=O)OCc1ccccc1)c1cccc(Cl)c1. The number of alkyl carbamates (subject to hydrolysis) is 1. The first-order chi connectivity index (χ1) is 11.0. The number of nitrogens with one attached hydrogen (secondary N) is 1. The van der Waals surface area contributed by atoms with Crippen molar-refractivity contribution < 1.29 is 19.1 Å². The molecule has 1 amide bonds. The predicted molar refractivity (Wildman–Crippen MR) is 85.7 cm³/mol.